The summed E-state index contributed by atoms with van der Waals surface area (Å²) in [6.07, 6.45) is 6.67. The van der Waals surface area contributed by atoms with Gasteiger partial charge in [0.2, 0.25) is 17.6 Å². The van der Waals surface area contributed by atoms with Crippen LogP contribution in [0, 0.1) is 35.0 Å². The number of carbonyl (C=O) groups is 5. The summed E-state index contributed by atoms with van der Waals surface area (Å²) in [7, 11) is 1.40. The number of hydrogen-bond acceptors (Lipinski definition) is 6. The molecular formula is C35H48N4O6. The summed E-state index contributed by atoms with van der Waals surface area (Å²) in [6.45, 7) is 6.69. The molecular weight excluding hydrogens is 572 g/mol. The molecule has 1 aromatic rings. The van der Waals surface area contributed by atoms with Crippen LogP contribution in [0.3, 0.4) is 0 Å². The lowest BCUT2D eigenvalue weighted by atomic mass is 9.93. The monoisotopic (exact) mass is 620 g/mol. The lowest BCUT2D eigenvalue weighted by Gasteiger charge is -2.35. The minimum Gasteiger partial charge on any atom is -0.446 e. The number of alkyl carbamates (subject to hydrolysis) is 1. The van der Waals surface area contributed by atoms with Crippen LogP contribution in [0.15, 0.2) is 24.3 Å². The van der Waals surface area contributed by atoms with Gasteiger partial charge in [0, 0.05) is 13.6 Å². The van der Waals surface area contributed by atoms with Crippen LogP contribution in [-0.2, 0) is 36.8 Å². The zero-order valence-corrected chi connectivity index (χ0v) is 27.0. The molecule has 0 spiro atoms. The third-order valence-corrected chi connectivity index (χ3v) is 11.5. The Morgan fingerprint density at radius 2 is 1.69 bits per heavy atom. The molecule has 10 nitrogen and oxygen atoms in total. The molecule has 45 heavy (non-hydrogen) atoms. The van der Waals surface area contributed by atoms with Crippen molar-refractivity contribution in [3.8, 4) is 0 Å². The molecule has 4 aliphatic carbocycles. The number of carbonyl (C=O) groups excluding carboxylic acids is 5. The Morgan fingerprint density at radius 3 is 2.29 bits per heavy atom. The number of benzene rings is 1. The summed E-state index contributed by atoms with van der Waals surface area (Å²) in [5.41, 5.74) is 2.17. The van der Waals surface area contributed by atoms with Gasteiger partial charge in [0.15, 0.2) is 0 Å². The number of nitrogens with zero attached hydrogens (tertiary/aromatic N) is 1. The molecule has 1 aliphatic heterocycles. The lowest BCUT2D eigenvalue weighted by Crippen LogP contribution is -2.59. The molecule has 10 heteroatoms. The summed E-state index contributed by atoms with van der Waals surface area (Å²) in [5, 5.41) is 8.25. The van der Waals surface area contributed by atoms with Crippen molar-refractivity contribution in [1.82, 2.24) is 20.9 Å². The van der Waals surface area contributed by atoms with E-state index in [1.54, 1.807) is 4.90 Å². The van der Waals surface area contributed by atoms with E-state index in [2.05, 4.69) is 48.9 Å². The zero-order valence-electron chi connectivity index (χ0n) is 27.0. The van der Waals surface area contributed by atoms with E-state index < -0.39 is 41.8 Å². The molecule has 3 saturated carbocycles. The maximum absolute atomic E-state index is 14.6. The summed E-state index contributed by atoms with van der Waals surface area (Å²) < 4.78 is 5.83. The van der Waals surface area contributed by atoms with Crippen molar-refractivity contribution in [2.75, 3.05) is 13.6 Å². The average Bonchev–Trinajstić information content (AvgIpc) is 3.67. The third-order valence-electron chi connectivity index (χ3n) is 11.5. The van der Waals surface area contributed by atoms with Gasteiger partial charge in [-0.1, -0.05) is 57.9 Å². The second-order valence-corrected chi connectivity index (χ2v) is 14.8. The van der Waals surface area contributed by atoms with Crippen molar-refractivity contribution < 1.29 is 28.7 Å². The topological polar surface area (TPSA) is 134 Å². The minimum absolute atomic E-state index is 0.0756. The Morgan fingerprint density at radius 1 is 1.00 bits per heavy atom. The first-order chi connectivity index (χ1) is 21.5. The van der Waals surface area contributed by atoms with Gasteiger partial charge in [0.05, 0.1) is 6.04 Å². The molecule has 0 radical (unpaired) electrons. The van der Waals surface area contributed by atoms with E-state index in [9.17, 15) is 24.0 Å². The predicted octanol–water partition coefficient (Wildman–Crippen LogP) is 3.16. The Kier molecular flexibility index (Phi) is 8.69. The van der Waals surface area contributed by atoms with E-state index in [0.717, 1.165) is 49.7 Å². The SMILES string of the molecule is CNC(=O)C(=O)C(CCC1CC1)NC(=O)C1C2C(CN1C(=O)C(NC(=O)OC1CCCC1C)C1Cc3ccccc3C1)C2(C)C. The van der Waals surface area contributed by atoms with Gasteiger partial charge < -0.3 is 25.6 Å². The van der Waals surface area contributed by atoms with Crippen molar-refractivity contribution in [2.24, 2.45) is 35.0 Å². The fourth-order valence-electron chi connectivity index (χ4n) is 8.40. The number of ether oxygens (including phenoxy) is 1. The van der Waals surface area contributed by atoms with Crippen LogP contribution in [0.1, 0.15) is 76.8 Å². The molecule has 7 atom stereocenters. The van der Waals surface area contributed by atoms with Crippen LogP contribution in [0.5, 0.6) is 0 Å². The molecule has 1 saturated heterocycles. The summed E-state index contributed by atoms with van der Waals surface area (Å²) in [5.74, 6) is -1.44. The largest absolute Gasteiger partial charge is 0.446 e. The third kappa shape index (κ3) is 6.34. The van der Waals surface area contributed by atoms with Crippen molar-refractivity contribution >= 4 is 29.6 Å². The standard InChI is InChI=1S/C35H48N4O6/c1-19-8-7-11-26(19)45-34(44)38-28(23-16-21-9-5-6-10-22(21)17-23)33(43)39-18-24-27(35(24,2)3)29(39)31(41)37-25(15-14-20-12-13-20)30(40)32(42)36-4/h5-6,9-10,19-20,23-29H,7-8,11-18H2,1-4H3,(H,36,42)(H,37,41)(H,38,44). The highest BCUT2D eigenvalue weighted by molar-refractivity contribution is 6.38. The van der Waals surface area contributed by atoms with E-state index in [4.69, 9.17) is 4.74 Å². The second-order valence-electron chi connectivity index (χ2n) is 14.8. The minimum atomic E-state index is -0.947. The highest BCUT2D eigenvalue weighted by atomic mass is 16.6. The number of fused-ring (bicyclic) bond motifs is 2. The zero-order chi connectivity index (χ0) is 32.0. The summed E-state index contributed by atoms with van der Waals surface area (Å²) >= 11 is 0. The van der Waals surface area contributed by atoms with E-state index in [-0.39, 0.29) is 41.1 Å². The Hall–Kier alpha value is -3.43. The first-order valence-electron chi connectivity index (χ1n) is 16.9. The number of nitrogens with one attached hydrogen (secondary N) is 3. The maximum atomic E-state index is 14.6. The van der Waals surface area contributed by atoms with Crippen molar-refractivity contribution in [3.63, 3.8) is 0 Å². The number of Topliss-reactive ketones (excluding diaryl/α,β-unsaturated/α-hetero) is 1. The molecule has 3 N–H and O–H groups in total. The smallest absolute Gasteiger partial charge is 0.408 e. The molecule has 5 aliphatic rings. The number of likely N-dealkylation sites (N-methyl/N-ethyl adjacent to an activating group) is 1. The number of rotatable bonds is 11. The Balaban J connectivity index is 1.23. The van der Waals surface area contributed by atoms with Gasteiger partial charge in [-0.25, -0.2) is 4.79 Å². The fraction of sp³-hybridized carbons (Fsp3) is 0.686. The van der Waals surface area contributed by atoms with Gasteiger partial charge in [0.25, 0.3) is 5.91 Å². The summed E-state index contributed by atoms with van der Waals surface area (Å²) in [4.78, 5) is 68.9. The van der Waals surface area contributed by atoms with Crippen molar-refractivity contribution in [1.29, 1.82) is 0 Å². The maximum Gasteiger partial charge on any atom is 0.408 e. The number of ketones is 1. The molecule has 4 fully saturated rings. The Labute approximate surface area is 265 Å². The first-order valence-corrected chi connectivity index (χ1v) is 16.9. The molecule has 244 valence electrons. The van der Waals surface area contributed by atoms with Crippen molar-refractivity contribution in [2.45, 2.75) is 103 Å². The van der Waals surface area contributed by atoms with Gasteiger partial charge in [-0.05, 0) is 91.1 Å². The van der Waals surface area contributed by atoms with E-state index in [1.165, 1.54) is 7.05 Å². The first kappa shape index (κ1) is 31.5. The number of hydrogen-bond donors (Lipinski definition) is 3. The van der Waals surface area contributed by atoms with Gasteiger partial charge >= 0.3 is 6.09 Å². The second kappa shape index (κ2) is 12.4. The van der Waals surface area contributed by atoms with Crippen LogP contribution >= 0.6 is 0 Å². The van der Waals surface area contributed by atoms with Crippen LogP contribution in [0.2, 0.25) is 0 Å². The summed E-state index contributed by atoms with van der Waals surface area (Å²) in [6, 6.07) is 5.48. The quantitative estimate of drug-likeness (QED) is 0.326. The number of piperidine rings is 1. The predicted molar refractivity (Wildman–Crippen MR) is 167 cm³/mol. The lowest BCUT2D eigenvalue weighted by molar-refractivity contribution is -0.144. The number of likely N-dealkylation sites (tertiary alicyclic amines) is 1. The Bertz CT molecular complexity index is 1330. The van der Waals surface area contributed by atoms with E-state index in [0.29, 0.717) is 31.7 Å². The van der Waals surface area contributed by atoms with Crippen LogP contribution in [-0.4, -0.2) is 72.3 Å². The van der Waals surface area contributed by atoms with Crippen LogP contribution < -0.4 is 16.0 Å². The molecule has 0 aromatic heterocycles. The van der Waals surface area contributed by atoms with E-state index in [1.807, 2.05) is 12.1 Å². The van der Waals surface area contributed by atoms with Crippen molar-refractivity contribution in [3.05, 3.63) is 35.4 Å². The molecule has 0 bridgehead atoms. The molecule has 4 amide bonds. The van der Waals surface area contributed by atoms with Crippen LogP contribution in [0.4, 0.5) is 4.79 Å². The van der Waals surface area contributed by atoms with E-state index >= 15 is 0 Å². The van der Waals surface area contributed by atoms with Gasteiger partial charge in [-0.2, -0.15) is 0 Å². The number of amides is 4. The average molecular weight is 621 g/mol. The van der Waals surface area contributed by atoms with Crippen LogP contribution in [0.25, 0.3) is 0 Å². The highest BCUT2D eigenvalue weighted by Gasteiger charge is 2.70. The fourth-order valence-corrected chi connectivity index (χ4v) is 8.40. The molecule has 6 rings (SSSR count). The van der Waals surface area contributed by atoms with Gasteiger partial charge in [-0.3, -0.25) is 19.2 Å². The van der Waals surface area contributed by atoms with Gasteiger partial charge in [0.1, 0.15) is 18.2 Å². The normalized spacial score (nSPS) is 29.2. The molecule has 1 aromatic carbocycles. The van der Waals surface area contributed by atoms with Gasteiger partial charge in [-0.15, -0.1) is 0 Å². The molecule has 7 unspecified atom stereocenters. The molecule has 1 heterocycles. The highest BCUT2D eigenvalue weighted by Crippen LogP contribution is 2.65.